The Labute approximate surface area is 147 Å². The first-order valence-electron chi connectivity index (χ1n) is 7.94. The molecule has 1 aromatic carbocycles. The molecule has 2 aromatic rings. The van der Waals surface area contributed by atoms with E-state index in [1.807, 2.05) is 18.2 Å². The van der Waals surface area contributed by atoms with Crippen molar-refractivity contribution in [1.82, 2.24) is 14.2 Å². The van der Waals surface area contributed by atoms with Gasteiger partial charge >= 0.3 is 0 Å². The maximum atomic E-state index is 12.7. The molecule has 1 aliphatic heterocycles. The van der Waals surface area contributed by atoms with Crippen molar-refractivity contribution in [3.8, 4) is 0 Å². The highest BCUT2D eigenvalue weighted by molar-refractivity contribution is 7.89. The van der Waals surface area contributed by atoms with E-state index in [1.165, 1.54) is 4.31 Å². The summed E-state index contributed by atoms with van der Waals surface area (Å²) in [6.45, 7) is 3.29. The predicted octanol–water partition coefficient (Wildman–Crippen LogP) is 2.28. The van der Waals surface area contributed by atoms with Gasteiger partial charge in [-0.1, -0.05) is 29.8 Å². The number of sulfonamides is 1. The fourth-order valence-electron chi connectivity index (χ4n) is 2.81. The maximum absolute atomic E-state index is 12.7. The Hall–Kier alpha value is -1.47. The smallest absolute Gasteiger partial charge is 0.244 e. The van der Waals surface area contributed by atoms with Gasteiger partial charge in [-0.2, -0.15) is 4.31 Å². The summed E-state index contributed by atoms with van der Waals surface area (Å²) >= 11 is 6.05. The lowest BCUT2D eigenvalue weighted by molar-refractivity contribution is 0.190. The predicted molar refractivity (Wildman–Crippen MR) is 94.6 cm³/mol. The standard InChI is InChI=1S/C17H20ClN3O2S/c18-16-6-1-2-7-17(16)24(22,23)21-13-11-20(12-14-21)10-8-15-5-3-4-9-19-15/h1-7,9H,8,10-14H2. The van der Waals surface area contributed by atoms with E-state index in [2.05, 4.69) is 9.88 Å². The molecule has 1 saturated heterocycles. The van der Waals surface area contributed by atoms with Gasteiger partial charge in [-0.15, -0.1) is 0 Å². The normalized spacial score (nSPS) is 17.0. The first-order valence-corrected chi connectivity index (χ1v) is 9.76. The Kier molecular flexibility index (Phi) is 5.50. The fourth-order valence-corrected chi connectivity index (χ4v) is 4.72. The van der Waals surface area contributed by atoms with E-state index in [0.29, 0.717) is 13.1 Å². The summed E-state index contributed by atoms with van der Waals surface area (Å²) in [5.74, 6) is 0. The third kappa shape index (κ3) is 3.95. The van der Waals surface area contributed by atoms with E-state index < -0.39 is 10.0 Å². The van der Waals surface area contributed by atoms with Gasteiger partial charge in [0, 0.05) is 51.0 Å². The van der Waals surface area contributed by atoms with Gasteiger partial charge in [0.15, 0.2) is 0 Å². The summed E-state index contributed by atoms with van der Waals surface area (Å²) in [7, 11) is -3.52. The lowest BCUT2D eigenvalue weighted by atomic mass is 10.2. The van der Waals surface area contributed by atoms with Crippen LogP contribution in [0.5, 0.6) is 0 Å². The summed E-state index contributed by atoms with van der Waals surface area (Å²) in [5, 5.41) is 0.273. The molecule has 0 saturated carbocycles. The van der Waals surface area contributed by atoms with Crippen LogP contribution in [-0.2, 0) is 16.4 Å². The monoisotopic (exact) mass is 365 g/mol. The van der Waals surface area contributed by atoms with Crippen molar-refractivity contribution in [3.63, 3.8) is 0 Å². The van der Waals surface area contributed by atoms with E-state index >= 15 is 0 Å². The third-order valence-corrected chi connectivity index (χ3v) is 6.59. The maximum Gasteiger partial charge on any atom is 0.244 e. The highest BCUT2D eigenvalue weighted by atomic mass is 35.5. The van der Waals surface area contributed by atoms with Crippen molar-refractivity contribution in [2.75, 3.05) is 32.7 Å². The van der Waals surface area contributed by atoms with Crippen LogP contribution >= 0.6 is 11.6 Å². The van der Waals surface area contributed by atoms with Gasteiger partial charge in [0.2, 0.25) is 10.0 Å². The minimum absolute atomic E-state index is 0.189. The second-order valence-corrected chi connectivity index (χ2v) is 8.06. The zero-order valence-corrected chi connectivity index (χ0v) is 14.9. The fraction of sp³-hybridized carbons (Fsp3) is 0.353. The van der Waals surface area contributed by atoms with Gasteiger partial charge in [0.1, 0.15) is 4.90 Å². The van der Waals surface area contributed by atoms with Crippen LogP contribution in [0, 0.1) is 0 Å². The van der Waals surface area contributed by atoms with Crippen LogP contribution in [0.15, 0.2) is 53.6 Å². The van der Waals surface area contributed by atoms with Gasteiger partial charge in [0.25, 0.3) is 0 Å². The number of aromatic nitrogens is 1. The van der Waals surface area contributed by atoms with Crippen LogP contribution < -0.4 is 0 Å². The summed E-state index contributed by atoms with van der Waals surface area (Å²) in [6, 6.07) is 12.5. The van der Waals surface area contributed by atoms with Crippen LogP contribution in [0.1, 0.15) is 5.69 Å². The van der Waals surface area contributed by atoms with Crippen molar-refractivity contribution >= 4 is 21.6 Å². The van der Waals surface area contributed by atoms with Crippen LogP contribution in [0.2, 0.25) is 5.02 Å². The molecule has 0 aliphatic carbocycles. The van der Waals surface area contributed by atoms with E-state index in [9.17, 15) is 8.42 Å². The van der Waals surface area contributed by atoms with Crippen LogP contribution in [-0.4, -0.2) is 55.3 Å². The topological polar surface area (TPSA) is 53.5 Å². The number of piperazine rings is 1. The summed E-state index contributed by atoms with van der Waals surface area (Å²) in [4.78, 5) is 6.78. The zero-order chi connectivity index (χ0) is 17.0. The SMILES string of the molecule is O=S(=O)(c1ccccc1Cl)N1CCN(CCc2ccccn2)CC1. The van der Waals surface area contributed by atoms with Crippen LogP contribution in [0.3, 0.4) is 0 Å². The Morgan fingerprint density at radius 1 is 1.00 bits per heavy atom. The van der Waals surface area contributed by atoms with E-state index in [1.54, 1.807) is 30.5 Å². The average molecular weight is 366 g/mol. The quantitative estimate of drug-likeness (QED) is 0.815. The Morgan fingerprint density at radius 2 is 1.71 bits per heavy atom. The summed E-state index contributed by atoms with van der Waals surface area (Å²) in [5.41, 5.74) is 1.06. The molecule has 0 bridgehead atoms. The second kappa shape index (κ2) is 7.61. The van der Waals surface area contributed by atoms with E-state index in [0.717, 1.165) is 31.7 Å². The molecule has 1 fully saturated rings. The largest absolute Gasteiger partial charge is 0.300 e. The van der Waals surface area contributed by atoms with Gasteiger partial charge in [0.05, 0.1) is 5.02 Å². The Balaban J connectivity index is 1.58. The van der Waals surface area contributed by atoms with Crippen LogP contribution in [0.4, 0.5) is 0 Å². The Bertz CT molecular complexity index is 775. The molecule has 2 heterocycles. The minimum atomic E-state index is -3.52. The molecular weight excluding hydrogens is 346 g/mol. The van der Waals surface area contributed by atoms with Gasteiger partial charge in [-0.05, 0) is 24.3 Å². The minimum Gasteiger partial charge on any atom is -0.300 e. The highest BCUT2D eigenvalue weighted by Gasteiger charge is 2.29. The van der Waals surface area contributed by atoms with Crippen LogP contribution in [0.25, 0.3) is 0 Å². The van der Waals surface area contributed by atoms with Crippen molar-refractivity contribution < 1.29 is 8.42 Å². The number of benzene rings is 1. The molecule has 1 aromatic heterocycles. The van der Waals surface area contributed by atoms with E-state index in [4.69, 9.17) is 11.6 Å². The van der Waals surface area contributed by atoms with Crippen molar-refractivity contribution in [3.05, 3.63) is 59.4 Å². The molecule has 5 nitrogen and oxygen atoms in total. The molecule has 7 heteroatoms. The number of hydrogen-bond donors (Lipinski definition) is 0. The number of pyridine rings is 1. The molecule has 0 spiro atoms. The molecule has 1 aliphatic rings. The highest BCUT2D eigenvalue weighted by Crippen LogP contribution is 2.24. The average Bonchev–Trinajstić information content (AvgIpc) is 2.61. The van der Waals surface area contributed by atoms with Gasteiger partial charge in [-0.3, -0.25) is 4.98 Å². The number of hydrogen-bond acceptors (Lipinski definition) is 4. The van der Waals surface area contributed by atoms with Gasteiger partial charge in [-0.25, -0.2) is 8.42 Å². The van der Waals surface area contributed by atoms with Crippen molar-refractivity contribution in [2.45, 2.75) is 11.3 Å². The first kappa shape index (κ1) is 17.4. The van der Waals surface area contributed by atoms with Gasteiger partial charge < -0.3 is 4.90 Å². The zero-order valence-electron chi connectivity index (χ0n) is 13.3. The molecule has 3 rings (SSSR count). The van der Waals surface area contributed by atoms with E-state index in [-0.39, 0.29) is 9.92 Å². The van der Waals surface area contributed by atoms with Crippen molar-refractivity contribution in [2.24, 2.45) is 0 Å². The number of halogens is 1. The summed E-state index contributed by atoms with van der Waals surface area (Å²) < 4.78 is 26.9. The molecule has 0 radical (unpaired) electrons. The molecule has 24 heavy (non-hydrogen) atoms. The molecule has 0 atom stereocenters. The molecule has 0 unspecified atom stereocenters. The lowest BCUT2D eigenvalue weighted by Crippen LogP contribution is -2.49. The number of nitrogens with zero attached hydrogens (tertiary/aromatic N) is 3. The number of rotatable bonds is 5. The molecule has 0 N–H and O–H groups in total. The van der Waals surface area contributed by atoms with Crippen molar-refractivity contribution in [1.29, 1.82) is 0 Å². The second-order valence-electron chi connectivity index (χ2n) is 5.75. The Morgan fingerprint density at radius 3 is 2.38 bits per heavy atom. The molecule has 128 valence electrons. The first-order chi connectivity index (χ1) is 11.6. The molecule has 0 amide bonds. The molecular formula is C17H20ClN3O2S. The lowest BCUT2D eigenvalue weighted by Gasteiger charge is -2.34. The summed E-state index contributed by atoms with van der Waals surface area (Å²) in [6.07, 6.45) is 2.67. The third-order valence-electron chi connectivity index (χ3n) is 4.20.